The molecule has 0 radical (unpaired) electrons. The third kappa shape index (κ3) is 3.39. The summed E-state index contributed by atoms with van der Waals surface area (Å²) in [7, 11) is 0. The fourth-order valence-corrected chi connectivity index (χ4v) is 3.36. The molecular formula is C16H28N2O3. The zero-order valence-corrected chi connectivity index (χ0v) is 13.7. The first kappa shape index (κ1) is 16.3. The van der Waals surface area contributed by atoms with Crippen molar-refractivity contribution in [1.82, 2.24) is 9.80 Å². The number of carbonyl (C=O) groups is 2. The number of rotatable bonds is 5. The van der Waals surface area contributed by atoms with Gasteiger partial charge in [0.15, 0.2) is 0 Å². The van der Waals surface area contributed by atoms with Gasteiger partial charge in [0.2, 0.25) is 11.8 Å². The molecule has 21 heavy (non-hydrogen) atoms. The van der Waals surface area contributed by atoms with E-state index in [1.807, 2.05) is 32.6 Å². The fourth-order valence-electron chi connectivity index (χ4n) is 3.36. The number of nitrogens with zero attached hydrogens (tertiary/aromatic N) is 2. The van der Waals surface area contributed by atoms with Crippen molar-refractivity contribution in [3.63, 3.8) is 0 Å². The minimum absolute atomic E-state index is 0.111. The van der Waals surface area contributed by atoms with Gasteiger partial charge in [-0.25, -0.2) is 0 Å². The Morgan fingerprint density at radius 2 is 1.86 bits per heavy atom. The number of fused-ring (bicyclic) bond motifs is 1. The molecule has 0 aromatic heterocycles. The van der Waals surface area contributed by atoms with Gasteiger partial charge in [0.05, 0.1) is 12.7 Å². The second-order valence-electron chi connectivity index (χ2n) is 6.68. The molecule has 0 N–H and O–H groups in total. The van der Waals surface area contributed by atoms with Gasteiger partial charge in [0, 0.05) is 13.1 Å². The van der Waals surface area contributed by atoms with Crippen molar-refractivity contribution in [2.24, 2.45) is 5.92 Å². The Bertz CT molecular complexity index is 395. The summed E-state index contributed by atoms with van der Waals surface area (Å²) in [6, 6.07) is -0.567. The van der Waals surface area contributed by atoms with Crippen molar-refractivity contribution in [2.75, 3.05) is 19.7 Å². The zero-order valence-electron chi connectivity index (χ0n) is 13.7. The quantitative estimate of drug-likeness (QED) is 0.775. The van der Waals surface area contributed by atoms with Crippen molar-refractivity contribution in [3.8, 4) is 0 Å². The molecule has 2 rings (SSSR count). The summed E-state index contributed by atoms with van der Waals surface area (Å²) in [4.78, 5) is 29.1. The van der Waals surface area contributed by atoms with Crippen LogP contribution in [0.2, 0.25) is 0 Å². The largest absolute Gasteiger partial charge is 0.377 e. The Balaban J connectivity index is 2.14. The molecule has 0 bridgehead atoms. The number of ether oxygens (including phenoxy) is 1. The molecule has 0 spiro atoms. The van der Waals surface area contributed by atoms with Gasteiger partial charge in [-0.2, -0.15) is 0 Å². The average Bonchev–Trinajstić information content (AvgIpc) is 2.43. The smallest absolute Gasteiger partial charge is 0.246 e. The summed E-state index contributed by atoms with van der Waals surface area (Å²) in [5.41, 5.74) is 0. The van der Waals surface area contributed by atoms with Crippen molar-refractivity contribution < 1.29 is 14.3 Å². The van der Waals surface area contributed by atoms with E-state index in [1.165, 1.54) is 0 Å². The van der Waals surface area contributed by atoms with E-state index in [1.54, 1.807) is 4.90 Å². The predicted octanol–water partition coefficient (Wildman–Crippen LogP) is 1.66. The SMILES string of the molecule is CC(C)OCCN1C(=O)C2CCCCN2C(=O)C1C(C)C. The average molecular weight is 296 g/mol. The highest BCUT2D eigenvalue weighted by molar-refractivity contribution is 5.97. The molecule has 5 heteroatoms. The second kappa shape index (κ2) is 6.77. The first-order chi connectivity index (χ1) is 9.93. The summed E-state index contributed by atoms with van der Waals surface area (Å²) in [5.74, 6) is 0.363. The highest BCUT2D eigenvalue weighted by atomic mass is 16.5. The lowest BCUT2D eigenvalue weighted by molar-refractivity contribution is -0.166. The molecule has 0 aliphatic carbocycles. The summed E-state index contributed by atoms with van der Waals surface area (Å²) >= 11 is 0. The van der Waals surface area contributed by atoms with Crippen LogP contribution in [0.25, 0.3) is 0 Å². The lowest BCUT2D eigenvalue weighted by Crippen LogP contribution is -2.67. The Morgan fingerprint density at radius 3 is 2.48 bits per heavy atom. The van der Waals surface area contributed by atoms with Crippen LogP contribution in [-0.2, 0) is 14.3 Å². The Hall–Kier alpha value is -1.10. The van der Waals surface area contributed by atoms with Crippen molar-refractivity contribution >= 4 is 11.8 Å². The number of amides is 2. The number of hydrogen-bond donors (Lipinski definition) is 0. The van der Waals surface area contributed by atoms with Crippen LogP contribution in [0.15, 0.2) is 0 Å². The Labute approximate surface area is 127 Å². The normalized spacial score (nSPS) is 26.8. The molecule has 0 saturated carbocycles. The van der Waals surface area contributed by atoms with E-state index in [-0.39, 0.29) is 35.9 Å². The first-order valence-corrected chi connectivity index (χ1v) is 8.16. The molecule has 0 aromatic carbocycles. The zero-order chi connectivity index (χ0) is 15.6. The van der Waals surface area contributed by atoms with Crippen molar-refractivity contribution in [1.29, 1.82) is 0 Å². The van der Waals surface area contributed by atoms with Crippen molar-refractivity contribution in [3.05, 3.63) is 0 Å². The van der Waals surface area contributed by atoms with Gasteiger partial charge in [0.25, 0.3) is 0 Å². The third-order valence-corrected chi connectivity index (χ3v) is 4.36. The molecule has 5 nitrogen and oxygen atoms in total. The summed E-state index contributed by atoms with van der Waals surface area (Å²) in [6.45, 7) is 9.71. The Morgan fingerprint density at radius 1 is 1.14 bits per heavy atom. The second-order valence-corrected chi connectivity index (χ2v) is 6.68. The van der Waals surface area contributed by atoms with Crippen LogP contribution in [0, 0.1) is 5.92 Å². The molecule has 2 atom stereocenters. The van der Waals surface area contributed by atoms with Gasteiger partial charge in [-0.05, 0) is 39.0 Å². The molecule has 2 fully saturated rings. The highest BCUT2D eigenvalue weighted by Crippen LogP contribution is 2.28. The van der Waals surface area contributed by atoms with Gasteiger partial charge in [-0.3, -0.25) is 9.59 Å². The summed E-state index contributed by atoms with van der Waals surface area (Å²) in [6.07, 6.45) is 2.99. The van der Waals surface area contributed by atoms with Gasteiger partial charge >= 0.3 is 0 Å². The molecular weight excluding hydrogens is 268 g/mol. The van der Waals surface area contributed by atoms with Crippen LogP contribution in [0.1, 0.15) is 47.0 Å². The lowest BCUT2D eigenvalue weighted by atomic mass is 9.91. The Kier molecular flexibility index (Phi) is 5.25. The van der Waals surface area contributed by atoms with E-state index < -0.39 is 0 Å². The van der Waals surface area contributed by atoms with E-state index in [9.17, 15) is 9.59 Å². The summed E-state index contributed by atoms with van der Waals surface area (Å²) < 4.78 is 5.57. The standard InChI is InChI=1S/C16H28N2O3/c1-11(2)14-16(20)17-8-6-5-7-13(17)15(19)18(14)9-10-21-12(3)4/h11-14H,5-10H2,1-4H3. The fraction of sp³-hybridized carbons (Fsp3) is 0.875. The number of carbonyl (C=O) groups excluding carboxylic acids is 2. The molecule has 2 amide bonds. The minimum Gasteiger partial charge on any atom is -0.377 e. The van der Waals surface area contributed by atoms with Gasteiger partial charge in [0.1, 0.15) is 12.1 Å². The molecule has 2 aliphatic heterocycles. The molecule has 2 unspecified atom stereocenters. The van der Waals surface area contributed by atoms with Crippen LogP contribution in [0.5, 0.6) is 0 Å². The monoisotopic (exact) mass is 296 g/mol. The predicted molar refractivity (Wildman–Crippen MR) is 80.8 cm³/mol. The van der Waals surface area contributed by atoms with E-state index >= 15 is 0 Å². The highest BCUT2D eigenvalue weighted by Gasteiger charge is 2.47. The minimum atomic E-state index is -0.331. The van der Waals surface area contributed by atoms with Gasteiger partial charge < -0.3 is 14.5 Å². The van der Waals surface area contributed by atoms with Crippen LogP contribution in [0.4, 0.5) is 0 Å². The van der Waals surface area contributed by atoms with E-state index in [4.69, 9.17) is 4.74 Å². The maximum atomic E-state index is 12.8. The molecule has 2 heterocycles. The maximum Gasteiger partial charge on any atom is 0.246 e. The van der Waals surface area contributed by atoms with Gasteiger partial charge in [-0.1, -0.05) is 13.8 Å². The van der Waals surface area contributed by atoms with E-state index in [0.717, 1.165) is 25.8 Å². The number of piperazine rings is 1. The van der Waals surface area contributed by atoms with E-state index in [0.29, 0.717) is 13.2 Å². The summed E-state index contributed by atoms with van der Waals surface area (Å²) in [5, 5.41) is 0. The van der Waals surface area contributed by atoms with Crippen LogP contribution in [-0.4, -0.2) is 59.5 Å². The first-order valence-electron chi connectivity index (χ1n) is 8.16. The molecule has 0 aromatic rings. The van der Waals surface area contributed by atoms with Crippen LogP contribution in [0.3, 0.4) is 0 Å². The van der Waals surface area contributed by atoms with Crippen molar-refractivity contribution in [2.45, 2.75) is 65.1 Å². The third-order valence-electron chi connectivity index (χ3n) is 4.36. The number of piperidine rings is 1. The molecule has 120 valence electrons. The maximum absolute atomic E-state index is 12.8. The topological polar surface area (TPSA) is 49.9 Å². The molecule has 2 aliphatic rings. The lowest BCUT2D eigenvalue weighted by Gasteiger charge is -2.48. The van der Waals surface area contributed by atoms with E-state index in [2.05, 4.69) is 0 Å². The van der Waals surface area contributed by atoms with Gasteiger partial charge in [-0.15, -0.1) is 0 Å². The van der Waals surface area contributed by atoms with Crippen LogP contribution < -0.4 is 0 Å². The molecule has 2 saturated heterocycles. The van der Waals surface area contributed by atoms with Crippen LogP contribution >= 0.6 is 0 Å². The number of hydrogen-bond acceptors (Lipinski definition) is 3.